The Balaban J connectivity index is 1.92. The summed E-state index contributed by atoms with van der Waals surface area (Å²) in [5.41, 5.74) is 0.887. The normalized spacial score (nSPS) is 22.0. The summed E-state index contributed by atoms with van der Waals surface area (Å²) < 4.78 is 0. The molecule has 4 nitrogen and oxygen atoms in total. The number of benzene rings is 1. The van der Waals surface area contributed by atoms with E-state index >= 15 is 0 Å². The van der Waals surface area contributed by atoms with Gasteiger partial charge in [-0.15, -0.1) is 0 Å². The molecule has 1 saturated heterocycles. The average molecular weight is 294 g/mol. The van der Waals surface area contributed by atoms with Crippen molar-refractivity contribution < 1.29 is 9.90 Å². The number of hydrogen-bond donors (Lipinski definition) is 3. The van der Waals surface area contributed by atoms with E-state index in [1.807, 2.05) is 24.3 Å². The zero-order valence-corrected chi connectivity index (χ0v) is 12.8. The third-order valence-corrected chi connectivity index (χ3v) is 4.43. The van der Waals surface area contributed by atoms with Gasteiger partial charge in [0.1, 0.15) is 0 Å². The summed E-state index contributed by atoms with van der Waals surface area (Å²) in [5.74, 6) is 1.08. The molecule has 0 bridgehead atoms. The maximum atomic E-state index is 12.0. The van der Waals surface area contributed by atoms with Gasteiger partial charge in [-0.05, 0) is 43.7 Å². The predicted octanol–water partition coefficient (Wildman–Crippen LogP) is 1.99. The molecule has 1 atom stereocenters. The predicted molar refractivity (Wildman–Crippen MR) is 83.9 cm³/mol. The highest BCUT2D eigenvalue weighted by molar-refractivity contribution is 7.99. The second-order valence-corrected chi connectivity index (χ2v) is 6.62. The second-order valence-electron chi connectivity index (χ2n) is 5.52. The topological polar surface area (TPSA) is 61.4 Å². The molecule has 1 heterocycles. The molecule has 20 heavy (non-hydrogen) atoms. The van der Waals surface area contributed by atoms with Gasteiger partial charge in [0.15, 0.2) is 5.60 Å². The van der Waals surface area contributed by atoms with Crippen LogP contribution >= 0.6 is 11.8 Å². The van der Waals surface area contributed by atoms with Crippen molar-refractivity contribution in [1.29, 1.82) is 0 Å². The molecule has 1 unspecified atom stereocenters. The molecule has 1 aliphatic rings. The van der Waals surface area contributed by atoms with Crippen molar-refractivity contribution in [2.45, 2.75) is 38.5 Å². The van der Waals surface area contributed by atoms with Crippen LogP contribution in [0, 0.1) is 0 Å². The summed E-state index contributed by atoms with van der Waals surface area (Å²) in [7, 11) is 0. The van der Waals surface area contributed by atoms with Crippen LogP contribution in [0.1, 0.15) is 25.8 Å². The summed E-state index contributed by atoms with van der Waals surface area (Å²) in [6.45, 7) is 4.61. The van der Waals surface area contributed by atoms with Crippen molar-refractivity contribution in [3.05, 3.63) is 29.8 Å². The third kappa shape index (κ3) is 3.90. The maximum absolute atomic E-state index is 12.0. The van der Waals surface area contributed by atoms with Gasteiger partial charge >= 0.3 is 0 Å². The van der Waals surface area contributed by atoms with Gasteiger partial charge < -0.3 is 15.7 Å². The van der Waals surface area contributed by atoms with Gasteiger partial charge in [0.25, 0.3) is 5.91 Å². The third-order valence-electron chi connectivity index (χ3n) is 3.26. The molecule has 0 radical (unpaired) electrons. The van der Waals surface area contributed by atoms with E-state index in [-0.39, 0.29) is 5.91 Å². The number of hydrogen-bond acceptors (Lipinski definition) is 4. The van der Waals surface area contributed by atoms with Crippen LogP contribution < -0.4 is 10.6 Å². The van der Waals surface area contributed by atoms with Gasteiger partial charge in [-0.25, -0.2) is 0 Å². The minimum absolute atomic E-state index is 0.260. The standard InChI is InChI=1S/C15H22N2O2S/c1-11(2)17-13-5-3-4-12(8-13)9-16-14(18)15(19)6-7-20-10-15/h3-5,8,11,17,19H,6-7,9-10H2,1-2H3,(H,16,18). The summed E-state index contributed by atoms with van der Waals surface area (Å²) >= 11 is 1.62. The molecule has 1 aliphatic heterocycles. The van der Waals surface area contributed by atoms with E-state index in [1.165, 1.54) is 0 Å². The molecule has 3 N–H and O–H groups in total. The largest absolute Gasteiger partial charge is 0.383 e. The van der Waals surface area contributed by atoms with Crippen molar-refractivity contribution in [1.82, 2.24) is 5.32 Å². The van der Waals surface area contributed by atoms with Crippen molar-refractivity contribution >= 4 is 23.4 Å². The molecule has 1 amide bonds. The first-order chi connectivity index (χ1) is 9.49. The van der Waals surface area contributed by atoms with Crippen LogP contribution in [0.3, 0.4) is 0 Å². The lowest BCUT2D eigenvalue weighted by Gasteiger charge is -2.20. The molecule has 0 saturated carbocycles. The van der Waals surface area contributed by atoms with E-state index in [1.54, 1.807) is 11.8 Å². The van der Waals surface area contributed by atoms with E-state index in [0.717, 1.165) is 17.0 Å². The number of nitrogens with one attached hydrogen (secondary N) is 2. The van der Waals surface area contributed by atoms with Gasteiger partial charge in [0.05, 0.1) is 0 Å². The monoisotopic (exact) mass is 294 g/mol. The smallest absolute Gasteiger partial charge is 0.253 e. The highest BCUT2D eigenvalue weighted by Crippen LogP contribution is 2.27. The summed E-state index contributed by atoms with van der Waals surface area (Å²) in [5, 5.41) is 16.3. The van der Waals surface area contributed by atoms with Gasteiger partial charge in [0.2, 0.25) is 0 Å². The van der Waals surface area contributed by atoms with Crippen molar-refractivity contribution in [3.8, 4) is 0 Å². The number of rotatable bonds is 5. The van der Waals surface area contributed by atoms with E-state index < -0.39 is 5.60 Å². The van der Waals surface area contributed by atoms with Crippen LogP contribution in [0.5, 0.6) is 0 Å². The lowest BCUT2D eigenvalue weighted by atomic mass is 10.0. The lowest BCUT2D eigenvalue weighted by Crippen LogP contribution is -2.46. The summed E-state index contributed by atoms with van der Waals surface area (Å²) in [6, 6.07) is 8.34. The fourth-order valence-electron chi connectivity index (χ4n) is 2.18. The molecule has 1 fully saturated rings. The molecule has 5 heteroatoms. The molecule has 110 valence electrons. The first kappa shape index (κ1) is 15.2. The summed E-state index contributed by atoms with van der Waals surface area (Å²) in [4.78, 5) is 12.0. The Hall–Kier alpha value is -1.20. The Kier molecular flexibility index (Phi) is 4.94. The average Bonchev–Trinajstić information content (AvgIpc) is 2.84. The van der Waals surface area contributed by atoms with Crippen LogP contribution in [-0.4, -0.2) is 34.2 Å². The van der Waals surface area contributed by atoms with E-state index in [4.69, 9.17) is 0 Å². The highest BCUT2D eigenvalue weighted by atomic mass is 32.2. The van der Waals surface area contributed by atoms with Crippen LogP contribution in [0.4, 0.5) is 5.69 Å². The van der Waals surface area contributed by atoms with E-state index in [2.05, 4.69) is 24.5 Å². The number of aliphatic hydroxyl groups is 1. The SMILES string of the molecule is CC(C)Nc1cccc(CNC(=O)C2(O)CCSC2)c1. The number of carbonyl (C=O) groups is 1. The molecule has 0 aliphatic carbocycles. The van der Waals surface area contributed by atoms with Crippen LogP contribution in [0.25, 0.3) is 0 Å². The second kappa shape index (κ2) is 6.50. The maximum Gasteiger partial charge on any atom is 0.253 e. The minimum atomic E-state index is -1.18. The number of carbonyl (C=O) groups excluding carboxylic acids is 1. The highest BCUT2D eigenvalue weighted by Gasteiger charge is 2.39. The Labute approximate surface area is 124 Å². The Morgan fingerprint density at radius 1 is 1.50 bits per heavy atom. The molecule has 0 spiro atoms. The fraction of sp³-hybridized carbons (Fsp3) is 0.533. The van der Waals surface area contributed by atoms with Gasteiger partial charge in [-0.2, -0.15) is 11.8 Å². The molecule has 2 rings (SSSR count). The molecule has 0 aromatic heterocycles. The zero-order valence-electron chi connectivity index (χ0n) is 12.0. The summed E-state index contributed by atoms with van der Waals surface area (Å²) in [6.07, 6.45) is 0.540. The minimum Gasteiger partial charge on any atom is -0.383 e. The number of anilines is 1. The Morgan fingerprint density at radius 2 is 2.30 bits per heavy atom. The van der Waals surface area contributed by atoms with Gasteiger partial charge in [-0.3, -0.25) is 4.79 Å². The lowest BCUT2D eigenvalue weighted by molar-refractivity contribution is -0.137. The zero-order chi connectivity index (χ0) is 14.6. The molecule has 1 aromatic carbocycles. The first-order valence-corrected chi connectivity index (χ1v) is 8.09. The fourth-order valence-corrected chi connectivity index (χ4v) is 3.42. The van der Waals surface area contributed by atoms with Crippen LogP contribution in [-0.2, 0) is 11.3 Å². The van der Waals surface area contributed by atoms with E-state index in [0.29, 0.717) is 24.8 Å². The molecular weight excluding hydrogens is 272 g/mol. The van der Waals surface area contributed by atoms with Crippen LogP contribution in [0.2, 0.25) is 0 Å². The Bertz CT molecular complexity index is 471. The van der Waals surface area contributed by atoms with Crippen molar-refractivity contribution in [3.63, 3.8) is 0 Å². The number of amides is 1. The quantitative estimate of drug-likeness (QED) is 0.777. The van der Waals surface area contributed by atoms with Gasteiger partial charge in [0, 0.05) is 24.0 Å². The number of thioether (sulfide) groups is 1. The van der Waals surface area contributed by atoms with Crippen molar-refractivity contribution in [2.75, 3.05) is 16.8 Å². The molecule has 1 aromatic rings. The van der Waals surface area contributed by atoms with Crippen molar-refractivity contribution in [2.24, 2.45) is 0 Å². The van der Waals surface area contributed by atoms with E-state index in [9.17, 15) is 9.90 Å². The first-order valence-electron chi connectivity index (χ1n) is 6.93. The van der Waals surface area contributed by atoms with Crippen LogP contribution in [0.15, 0.2) is 24.3 Å². The molecular formula is C15H22N2O2S. The van der Waals surface area contributed by atoms with Gasteiger partial charge in [-0.1, -0.05) is 12.1 Å². The Morgan fingerprint density at radius 3 is 2.95 bits per heavy atom.